The van der Waals surface area contributed by atoms with Crippen molar-refractivity contribution in [1.29, 1.82) is 0 Å². The van der Waals surface area contributed by atoms with E-state index in [9.17, 15) is 9.90 Å². The third-order valence-corrected chi connectivity index (χ3v) is 12.6. The fourth-order valence-corrected chi connectivity index (χ4v) is 8.39. The van der Waals surface area contributed by atoms with Crippen LogP contribution in [0, 0.1) is 0 Å². The lowest BCUT2D eigenvalue weighted by Gasteiger charge is -2.16. The van der Waals surface area contributed by atoms with Crippen LogP contribution in [0.1, 0.15) is 296 Å². The molecule has 0 fully saturated rings. The van der Waals surface area contributed by atoms with Gasteiger partial charge in [-0.05, 0) is 77.0 Å². The van der Waals surface area contributed by atoms with E-state index in [-0.39, 0.29) is 12.6 Å². The first-order valence-corrected chi connectivity index (χ1v) is 28.2. The zero-order valence-corrected chi connectivity index (χ0v) is 42.6. The highest BCUT2D eigenvalue weighted by Crippen LogP contribution is 2.16. The fourth-order valence-electron chi connectivity index (χ4n) is 8.39. The second-order valence-electron chi connectivity index (χ2n) is 19.0. The second-order valence-corrected chi connectivity index (χ2v) is 19.0. The predicted molar refractivity (Wildman–Crippen MR) is 279 cm³/mol. The van der Waals surface area contributed by atoms with Crippen molar-refractivity contribution in [3.05, 3.63) is 48.6 Å². The van der Waals surface area contributed by atoms with E-state index in [4.69, 9.17) is 9.47 Å². The molecular weight excluding hydrogens is 773 g/mol. The first kappa shape index (κ1) is 61.4. The second kappa shape index (κ2) is 56.5. The van der Waals surface area contributed by atoms with E-state index in [2.05, 4.69) is 62.5 Å². The molecule has 63 heavy (non-hydrogen) atoms. The summed E-state index contributed by atoms with van der Waals surface area (Å²) < 4.78 is 11.2. The van der Waals surface area contributed by atoms with Crippen LogP contribution in [-0.4, -0.2) is 37.0 Å². The maximum atomic E-state index is 12.3. The molecule has 1 N–H and O–H groups in total. The first-order chi connectivity index (χ1) is 31.2. The summed E-state index contributed by atoms with van der Waals surface area (Å²) >= 11 is 0. The van der Waals surface area contributed by atoms with Crippen LogP contribution in [0.15, 0.2) is 48.6 Å². The number of carbonyl (C=O) groups is 1. The third-order valence-electron chi connectivity index (χ3n) is 12.6. The molecule has 0 spiro atoms. The van der Waals surface area contributed by atoms with Gasteiger partial charge in [-0.3, -0.25) is 4.79 Å². The van der Waals surface area contributed by atoms with Crippen LogP contribution in [0.5, 0.6) is 0 Å². The number of unbranched alkanes of at least 4 members (excludes halogenated alkanes) is 37. The molecule has 4 nitrogen and oxygen atoms in total. The van der Waals surface area contributed by atoms with Gasteiger partial charge in [0.25, 0.3) is 0 Å². The largest absolute Gasteiger partial charge is 0.457 e. The van der Waals surface area contributed by atoms with E-state index in [0.29, 0.717) is 19.6 Å². The molecule has 0 saturated heterocycles. The summed E-state index contributed by atoms with van der Waals surface area (Å²) in [5.41, 5.74) is 0. The lowest BCUT2D eigenvalue weighted by atomic mass is 10.0. The molecule has 0 bridgehead atoms. The third kappa shape index (κ3) is 54.6. The predicted octanol–water partition coefficient (Wildman–Crippen LogP) is 19.3. The number of rotatable bonds is 53. The van der Waals surface area contributed by atoms with Crippen molar-refractivity contribution in [3.63, 3.8) is 0 Å². The van der Waals surface area contributed by atoms with Gasteiger partial charge >= 0.3 is 5.97 Å². The van der Waals surface area contributed by atoms with E-state index in [0.717, 1.165) is 32.1 Å². The van der Waals surface area contributed by atoms with Gasteiger partial charge in [-0.25, -0.2) is 0 Å². The summed E-state index contributed by atoms with van der Waals surface area (Å²) in [6.07, 6.45) is 75.1. The molecule has 0 aliphatic carbocycles. The van der Waals surface area contributed by atoms with Crippen LogP contribution in [0.4, 0.5) is 0 Å². The van der Waals surface area contributed by atoms with Crippen molar-refractivity contribution in [1.82, 2.24) is 0 Å². The minimum atomic E-state index is -0.536. The van der Waals surface area contributed by atoms with Gasteiger partial charge in [0.05, 0.1) is 13.2 Å². The van der Waals surface area contributed by atoms with Crippen molar-refractivity contribution < 1.29 is 19.4 Å². The molecule has 0 aromatic rings. The monoisotopic (exact) mass is 883 g/mol. The number of carbonyl (C=O) groups excluding carboxylic acids is 1. The zero-order valence-electron chi connectivity index (χ0n) is 42.6. The van der Waals surface area contributed by atoms with E-state index >= 15 is 0 Å². The molecule has 0 aromatic carbocycles. The highest BCUT2D eigenvalue weighted by atomic mass is 16.6. The Morgan fingerprint density at radius 2 is 0.667 bits per heavy atom. The minimum absolute atomic E-state index is 0.170. The first-order valence-electron chi connectivity index (χ1n) is 28.2. The number of aliphatic hydroxyl groups is 1. The number of aliphatic hydroxyl groups excluding tert-OH is 1. The van der Waals surface area contributed by atoms with Crippen LogP contribution in [0.3, 0.4) is 0 Å². The van der Waals surface area contributed by atoms with Gasteiger partial charge in [-0.2, -0.15) is 0 Å². The summed E-state index contributed by atoms with van der Waals surface area (Å²) in [6.45, 7) is 5.36. The highest BCUT2D eigenvalue weighted by molar-refractivity contribution is 5.69. The van der Waals surface area contributed by atoms with Gasteiger partial charge in [0.15, 0.2) is 0 Å². The Labute approximate surface area is 394 Å². The standard InChI is InChI=1S/C59H110O4/c1-3-5-7-9-11-13-15-17-19-21-23-25-27-29-31-33-35-37-39-41-43-45-47-49-51-53-55-62-57-58(56-60)63-59(61)54-52-50-48-46-44-42-40-38-36-34-32-30-28-26-24-22-20-18-16-14-12-10-8-6-4-2/h15-18,21-24,58,60H,3-14,19-20,25-57H2,1-2H3/b17-15-,18-16-,23-21-,24-22-. The number of hydrogen-bond acceptors (Lipinski definition) is 4. The Kier molecular flexibility index (Phi) is 55.0. The van der Waals surface area contributed by atoms with Crippen molar-refractivity contribution >= 4 is 5.97 Å². The zero-order chi connectivity index (χ0) is 45.5. The summed E-state index contributed by atoms with van der Waals surface area (Å²) in [7, 11) is 0. The molecular formula is C59H110O4. The molecule has 1 atom stereocenters. The lowest BCUT2D eigenvalue weighted by Crippen LogP contribution is -2.27. The maximum absolute atomic E-state index is 12.3. The quantitative estimate of drug-likeness (QED) is 0.0376. The highest BCUT2D eigenvalue weighted by Gasteiger charge is 2.13. The van der Waals surface area contributed by atoms with Crippen LogP contribution >= 0.6 is 0 Å². The average molecular weight is 884 g/mol. The Balaban J connectivity index is 3.38. The SMILES string of the molecule is CCCCCCC/C=C\C/C=C\CCCCCCCCCCCCCCCCOCC(CO)OC(=O)CCCCCCCCCCCCCCC/C=C\C/C=C\CCCCCCC. The van der Waals surface area contributed by atoms with Gasteiger partial charge < -0.3 is 14.6 Å². The number of ether oxygens (including phenoxy) is 2. The normalized spacial score (nSPS) is 12.6. The van der Waals surface area contributed by atoms with Crippen LogP contribution in [0.25, 0.3) is 0 Å². The molecule has 0 aromatic heterocycles. The van der Waals surface area contributed by atoms with Gasteiger partial charge in [0, 0.05) is 13.0 Å². The Bertz CT molecular complexity index is 982. The molecule has 0 aliphatic rings. The number of hydrogen-bond donors (Lipinski definition) is 1. The van der Waals surface area contributed by atoms with E-state index in [1.807, 2.05) is 0 Å². The molecule has 0 amide bonds. The molecule has 0 saturated carbocycles. The summed E-state index contributed by atoms with van der Waals surface area (Å²) in [6, 6.07) is 0. The lowest BCUT2D eigenvalue weighted by molar-refractivity contribution is -0.154. The molecule has 1 unspecified atom stereocenters. The molecule has 0 rings (SSSR count). The van der Waals surface area contributed by atoms with Gasteiger partial charge in [-0.1, -0.05) is 262 Å². The van der Waals surface area contributed by atoms with Crippen molar-refractivity contribution in [2.75, 3.05) is 19.8 Å². The molecule has 0 heterocycles. The smallest absolute Gasteiger partial charge is 0.306 e. The van der Waals surface area contributed by atoms with Crippen molar-refractivity contribution in [2.45, 2.75) is 302 Å². The molecule has 370 valence electrons. The van der Waals surface area contributed by atoms with Crippen LogP contribution in [-0.2, 0) is 14.3 Å². The summed E-state index contributed by atoms with van der Waals surface area (Å²) in [4.78, 5) is 12.3. The van der Waals surface area contributed by atoms with Crippen molar-refractivity contribution in [3.8, 4) is 0 Å². The minimum Gasteiger partial charge on any atom is -0.457 e. The van der Waals surface area contributed by atoms with Gasteiger partial charge in [0.2, 0.25) is 0 Å². The van der Waals surface area contributed by atoms with E-state index in [1.54, 1.807) is 0 Å². The molecule has 4 heteroatoms. The molecule has 0 radical (unpaired) electrons. The Hall–Kier alpha value is -1.65. The number of esters is 1. The van der Waals surface area contributed by atoms with Gasteiger partial charge in [-0.15, -0.1) is 0 Å². The Morgan fingerprint density at radius 1 is 0.381 bits per heavy atom. The van der Waals surface area contributed by atoms with Gasteiger partial charge in [0.1, 0.15) is 6.10 Å². The van der Waals surface area contributed by atoms with E-state index in [1.165, 1.54) is 244 Å². The number of allylic oxidation sites excluding steroid dienone is 8. The van der Waals surface area contributed by atoms with Crippen molar-refractivity contribution in [2.24, 2.45) is 0 Å². The fraction of sp³-hybridized carbons (Fsp3) is 0.847. The maximum Gasteiger partial charge on any atom is 0.306 e. The average Bonchev–Trinajstić information content (AvgIpc) is 3.29. The van der Waals surface area contributed by atoms with E-state index < -0.39 is 6.10 Å². The van der Waals surface area contributed by atoms with Crippen LogP contribution in [0.2, 0.25) is 0 Å². The summed E-state index contributed by atoms with van der Waals surface area (Å²) in [5.74, 6) is -0.197. The topological polar surface area (TPSA) is 55.8 Å². The summed E-state index contributed by atoms with van der Waals surface area (Å²) in [5, 5.41) is 9.68. The Morgan fingerprint density at radius 3 is 0.984 bits per heavy atom. The molecule has 0 aliphatic heterocycles. The van der Waals surface area contributed by atoms with Crippen LogP contribution < -0.4 is 0 Å².